The minimum absolute atomic E-state index is 0.171. The standard InChI is InChI=1S/C17H12FNO3/c1-21-14-4-2-3-12(10-14)16-19-15(17(20)22-16)9-11-5-7-13(18)8-6-11/h2-10H,1H3. The van der Waals surface area contributed by atoms with Crippen molar-refractivity contribution in [2.45, 2.75) is 0 Å². The number of rotatable bonds is 3. The van der Waals surface area contributed by atoms with Gasteiger partial charge < -0.3 is 9.47 Å². The molecule has 0 aromatic heterocycles. The second-order valence-electron chi connectivity index (χ2n) is 4.62. The van der Waals surface area contributed by atoms with Crippen LogP contribution in [0.25, 0.3) is 6.08 Å². The number of cyclic esters (lactones) is 1. The molecular formula is C17H12FNO3. The lowest BCUT2D eigenvalue weighted by molar-refractivity contribution is -0.129. The zero-order valence-corrected chi connectivity index (χ0v) is 11.7. The molecule has 1 aliphatic heterocycles. The highest BCUT2D eigenvalue weighted by molar-refractivity contribution is 6.12. The van der Waals surface area contributed by atoms with Crippen LogP contribution in [0.1, 0.15) is 11.1 Å². The lowest BCUT2D eigenvalue weighted by atomic mass is 10.2. The second kappa shape index (κ2) is 5.81. The zero-order chi connectivity index (χ0) is 15.5. The number of nitrogens with zero attached hydrogens (tertiary/aromatic N) is 1. The number of methoxy groups -OCH3 is 1. The van der Waals surface area contributed by atoms with E-state index in [1.54, 1.807) is 49.6 Å². The van der Waals surface area contributed by atoms with E-state index in [-0.39, 0.29) is 17.4 Å². The smallest absolute Gasteiger partial charge is 0.363 e. The number of esters is 1. The Bertz CT molecular complexity index is 779. The van der Waals surface area contributed by atoms with E-state index in [0.29, 0.717) is 16.9 Å². The van der Waals surface area contributed by atoms with Gasteiger partial charge in [-0.1, -0.05) is 18.2 Å². The predicted octanol–water partition coefficient (Wildman–Crippen LogP) is 3.18. The first-order chi connectivity index (χ1) is 10.7. The Morgan fingerprint density at radius 2 is 1.95 bits per heavy atom. The first-order valence-electron chi connectivity index (χ1n) is 6.58. The Balaban J connectivity index is 1.92. The molecule has 0 bridgehead atoms. The molecule has 22 heavy (non-hydrogen) atoms. The summed E-state index contributed by atoms with van der Waals surface area (Å²) in [6.45, 7) is 0. The SMILES string of the molecule is COc1cccc(C2=NC(=Cc3ccc(F)cc3)C(=O)O2)c1. The average Bonchev–Trinajstić information content (AvgIpc) is 2.91. The largest absolute Gasteiger partial charge is 0.497 e. The first kappa shape index (κ1) is 14.0. The summed E-state index contributed by atoms with van der Waals surface area (Å²) in [5.74, 6) is -0.0108. The molecule has 0 fully saturated rings. The number of benzene rings is 2. The van der Waals surface area contributed by atoms with Gasteiger partial charge in [-0.2, -0.15) is 0 Å². The molecule has 0 saturated heterocycles. The molecule has 1 aliphatic rings. The van der Waals surface area contributed by atoms with Gasteiger partial charge in [-0.3, -0.25) is 0 Å². The predicted molar refractivity (Wildman–Crippen MR) is 80.0 cm³/mol. The van der Waals surface area contributed by atoms with Gasteiger partial charge in [0.05, 0.1) is 7.11 Å². The van der Waals surface area contributed by atoms with Gasteiger partial charge in [-0.25, -0.2) is 14.2 Å². The topological polar surface area (TPSA) is 47.9 Å². The van der Waals surface area contributed by atoms with Gasteiger partial charge in [-0.15, -0.1) is 0 Å². The normalized spacial score (nSPS) is 15.6. The van der Waals surface area contributed by atoms with E-state index in [2.05, 4.69) is 4.99 Å². The average molecular weight is 297 g/mol. The Kier molecular flexibility index (Phi) is 3.70. The fourth-order valence-corrected chi connectivity index (χ4v) is 2.01. The van der Waals surface area contributed by atoms with Crippen molar-refractivity contribution in [1.29, 1.82) is 0 Å². The van der Waals surface area contributed by atoms with E-state index in [1.807, 2.05) is 0 Å². The highest BCUT2D eigenvalue weighted by Crippen LogP contribution is 2.21. The Labute approximate surface area is 126 Å². The fourth-order valence-electron chi connectivity index (χ4n) is 2.01. The Morgan fingerprint density at radius 3 is 2.68 bits per heavy atom. The van der Waals surface area contributed by atoms with Crippen molar-refractivity contribution in [2.24, 2.45) is 4.99 Å². The summed E-state index contributed by atoms with van der Waals surface area (Å²) in [6, 6.07) is 12.8. The van der Waals surface area contributed by atoms with Gasteiger partial charge in [0.25, 0.3) is 0 Å². The second-order valence-corrected chi connectivity index (χ2v) is 4.62. The summed E-state index contributed by atoms with van der Waals surface area (Å²) in [5.41, 5.74) is 1.49. The van der Waals surface area contributed by atoms with Gasteiger partial charge in [0, 0.05) is 5.56 Å². The van der Waals surface area contributed by atoms with Crippen LogP contribution in [0.5, 0.6) is 5.75 Å². The lowest BCUT2D eigenvalue weighted by Crippen LogP contribution is -2.05. The molecule has 0 radical (unpaired) electrons. The van der Waals surface area contributed by atoms with Crippen molar-refractivity contribution >= 4 is 17.9 Å². The van der Waals surface area contributed by atoms with Crippen LogP contribution in [0.15, 0.2) is 59.2 Å². The molecule has 0 saturated carbocycles. The molecule has 4 nitrogen and oxygen atoms in total. The van der Waals surface area contributed by atoms with Crippen molar-refractivity contribution in [3.63, 3.8) is 0 Å². The molecule has 2 aromatic rings. The van der Waals surface area contributed by atoms with Crippen molar-refractivity contribution in [3.05, 3.63) is 71.2 Å². The molecular weight excluding hydrogens is 285 g/mol. The highest BCUT2D eigenvalue weighted by Gasteiger charge is 2.24. The summed E-state index contributed by atoms with van der Waals surface area (Å²) < 4.78 is 23.2. The first-order valence-corrected chi connectivity index (χ1v) is 6.58. The highest BCUT2D eigenvalue weighted by atomic mass is 19.1. The Morgan fingerprint density at radius 1 is 1.18 bits per heavy atom. The number of aliphatic imine (C=N–C) groups is 1. The molecule has 0 amide bonds. The number of ether oxygens (including phenoxy) is 2. The maximum Gasteiger partial charge on any atom is 0.363 e. The number of carbonyl (C=O) groups excluding carboxylic acids is 1. The van der Waals surface area contributed by atoms with Crippen LogP contribution < -0.4 is 4.74 Å². The number of halogens is 1. The van der Waals surface area contributed by atoms with Gasteiger partial charge in [0.15, 0.2) is 5.70 Å². The van der Waals surface area contributed by atoms with E-state index >= 15 is 0 Å². The summed E-state index contributed by atoms with van der Waals surface area (Å²) in [4.78, 5) is 16.1. The summed E-state index contributed by atoms with van der Waals surface area (Å²) in [7, 11) is 1.56. The quantitative estimate of drug-likeness (QED) is 0.646. The van der Waals surface area contributed by atoms with Crippen LogP contribution in [-0.2, 0) is 9.53 Å². The van der Waals surface area contributed by atoms with E-state index in [1.165, 1.54) is 12.1 Å². The van der Waals surface area contributed by atoms with Crippen molar-refractivity contribution < 1.29 is 18.7 Å². The van der Waals surface area contributed by atoms with E-state index in [9.17, 15) is 9.18 Å². The van der Waals surface area contributed by atoms with Crippen LogP contribution in [0, 0.1) is 5.82 Å². The molecule has 0 aliphatic carbocycles. The van der Waals surface area contributed by atoms with Gasteiger partial charge >= 0.3 is 5.97 Å². The van der Waals surface area contributed by atoms with E-state index in [0.717, 1.165) is 0 Å². The monoisotopic (exact) mass is 297 g/mol. The molecule has 0 unspecified atom stereocenters. The molecule has 110 valence electrons. The number of carbonyl (C=O) groups is 1. The molecule has 0 atom stereocenters. The third-order valence-electron chi connectivity index (χ3n) is 3.11. The molecule has 0 N–H and O–H groups in total. The molecule has 3 rings (SSSR count). The maximum absolute atomic E-state index is 12.9. The summed E-state index contributed by atoms with van der Waals surface area (Å²) >= 11 is 0. The minimum atomic E-state index is -0.540. The summed E-state index contributed by atoms with van der Waals surface area (Å²) in [5, 5.41) is 0. The van der Waals surface area contributed by atoms with Crippen molar-refractivity contribution in [2.75, 3.05) is 7.11 Å². The molecule has 2 aromatic carbocycles. The fraction of sp³-hybridized carbons (Fsp3) is 0.0588. The van der Waals surface area contributed by atoms with Crippen LogP contribution in [0.4, 0.5) is 4.39 Å². The number of hydrogen-bond acceptors (Lipinski definition) is 4. The number of hydrogen-bond donors (Lipinski definition) is 0. The van der Waals surface area contributed by atoms with Gasteiger partial charge in [0.2, 0.25) is 5.90 Å². The Hall–Kier alpha value is -2.95. The van der Waals surface area contributed by atoms with E-state index in [4.69, 9.17) is 9.47 Å². The summed E-state index contributed by atoms with van der Waals surface area (Å²) in [6.07, 6.45) is 1.55. The third kappa shape index (κ3) is 2.88. The van der Waals surface area contributed by atoms with Crippen LogP contribution in [-0.4, -0.2) is 19.0 Å². The van der Waals surface area contributed by atoms with Gasteiger partial charge in [-0.05, 0) is 42.0 Å². The van der Waals surface area contributed by atoms with Crippen molar-refractivity contribution in [1.82, 2.24) is 0 Å². The molecule has 1 heterocycles. The molecule has 5 heteroatoms. The lowest BCUT2D eigenvalue weighted by Gasteiger charge is -2.02. The van der Waals surface area contributed by atoms with Crippen molar-refractivity contribution in [3.8, 4) is 5.75 Å². The maximum atomic E-state index is 12.9. The third-order valence-corrected chi connectivity index (χ3v) is 3.11. The minimum Gasteiger partial charge on any atom is -0.497 e. The van der Waals surface area contributed by atoms with E-state index < -0.39 is 5.97 Å². The van der Waals surface area contributed by atoms with Crippen LogP contribution in [0.2, 0.25) is 0 Å². The van der Waals surface area contributed by atoms with Crippen LogP contribution in [0.3, 0.4) is 0 Å². The van der Waals surface area contributed by atoms with Crippen LogP contribution >= 0.6 is 0 Å². The zero-order valence-electron chi connectivity index (χ0n) is 11.7. The van der Waals surface area contributed by atoms with Gasteiger partial charge in [0.1, 0.15) is 11.6 Å². The molecule has 0 spiro atoms.